The summed E-state index contributed by atoms with van der Waals surface area (Å²) in [6.45, 7) is 0. The fourth-order valence-electron chi connectivity index (χ4n) is 7.58. The zero-order valence-electron chi connectivity index (χ0n) is 28.3. The van der Waals surface area contributed by atoms with Crippen LogP contribution in [0.3, 0.4) is 0 Å². The van der Waals surface area contributed by atoms with E-state index in [0.717, 1.165) is 83.0 Å². The minimum atomic E-state index is 0.520. The summed E-state index contributed by atoms with van der Waals surface area (Å²) >= 11 is 0. The van der Waals surface area contributed by atoms with Gasteiger partial charge in [0, 0.05) is 50.0 Å². The van der Waals surface area contributed by atoms with Crippen molar-refractivity contribution in [2.24, 2.45) is 0 Å². The second-order valence-electron chi connectivity index (χ2n) is 13.1. The van der Waals surface area contributed by atoms with Crippen molar-refractivity contribution in [3.8, 4) is 45.8 Å². The van der Waals surface area contributed by atoms with Crippen LogP contribution >= 0.6 is 0 Å². The van der Waals surface area contributed by atoms with Crippen molar-refractivity contribution < 1.29 is 4.42 Å². The maximum Gasteiger partial charge on any atom is 0.238 e. The average molecular weight is 681 g/mol. The lowest BCUT2D eigenvalue weighted by Gasteiger charge is -2.11. The van der Waals surface area contributed by atoms with Crippen LogP contribution in [0.1, 0.15) is 0 Å². The van der Waals surface area contributed by atoms with Crippen LogP contribution in [0.4, 0.5) is 0 Å². The number of benzene rings is 7. The Hall–Kier alpha value is -7.38. The number of hydrogen-bond donors (Lipinski definition) is 0. The highest BCUT2D eigenvalue weighted by Crippen LogP contribution is 2.42. The third-order valence-electron chi connectivity index (χ3n) is 9.98. The Morgan fingerprint density at radius 3 is 1.68 bits per heavy atom. The molecule has 4 aromatic heterocycles. The van der Waals surface area contributed by atoms with Gasteiger partial charge in [0.1, 0.15) is 16.9 Å². The van der Waals surface area contributed by atoms with E-state index in [1.54, 1.807) is 0 Å². The summed E-state index contributed by atoms with van der Waals surface area (Å²) < 4.78 is 11.3. The van der Waals surface area contributed by atoms with Crippen LogP contribution in [0, 0.1) is 0 Å². The number of hydrogen-bond acceptors (Lipinski definition) is 5. The Kier molecular flexibility index (Phi) is 6.42. The summed E-state index contributed by atoms with van der Waals surface area (Å²) in [4.78, 5) is 20.4. The van der Waals surface area contributed by atoms with Gasteiger partial charge in [-0.15, -0.1) is 0 Å². The van der Waals surface area contributed by atoms with E-state index in [1.165, 1.54) is 0 Å². The number of aromatic nitrogens is 6. The molecule has 0 aliphatic carbocycles. The predicted octanol–water partition coefficient (Wildman–Crippen LogP) is 11.2. The molecule has 0 N–H and O–H groups in total. The van der Waals surface area contributed by atoms with E-state index in [1.807, 2.05) is 84.9 Å². The third kappa shape index (κ3) is 4.61. The molecule has 0 amide bonds. The van der Waals surface area contributed by atoms with Gasteiger partial charge in [0.05, 0.1) is 16.6 Å². The highest BCUT2D eigenvalue weighted by atomic mass is 16.3. The van der Waals surface area contributed by atoms with Gasteiger partial charge in [-0.25, -0.2) is 9.97 Å². The Balaban J connectivity index is 1.22. The zero-order valence-corrected chi connectivity index (χ0v) is 28.3. The highest BCUT2D eigenvalue weighted by Gasteiger charge is 2.23. The van der Waals surface area contributed by atoms with Crippen molar-refractivity contribution >= 4 is 54.8 Å². The Labute approximate surface area is 303 Å². The van der Waals surface area contributed by atoms with Gasteiger partial charge < -0.3 is 4.42 Å². The SMILES string of the molecule is c1ccc(-c2nc(-c3ccccc3)nc(-n3c4ccccc4c4ccc5c6cc7c(cc6oc5c43)nc(-c3ccccc3)n7-c3ccccc3)n2)cc1. The molecule has 0 spiro atoms. The topological polar surface area (TPSA) is 74.6 Å². The number of para-hydroxylation sites is 2. The first-order chi connectivity index (χ1) is 26.3. The van der Waals surface area contributed by atoms with E-state index < -0.39 is 0 Å². The normalized spacial score (nSPS) is 11.8. The summed E-state index contributed by atoms with van der Waals surface area (Å²) in [6.07, 6.45) is 0. The number of imidazole rings is 1. The van der Waals surface area contributed by atoms with Crippen LogP contribution < -0.4 is 0 Å². The first kappa shape index (κ1) is 29.4. The first-order valence-electron chi connectivity index (χ1n) is 17.6. The summed E-state index contributed by atoms with van der Waals surface area (Å²) in [6, 6.07) is 57.9. The first-order valence-corrected chi connectivity index (χ1v) is 17.6. The molecule has 7 nitrogen and oxygen atoms in total. The number of fused-ring (bicyclic) bond motifs is 8. The van der Waals surface area contributed by atoms with Crippen LogP contribution in [0.5, 0.6) is 0 Å². The van der Waals surface area contributed by atoms with Crippen LogP contribution in [0.2, 0.25) is 0 Å². The number of nitrogens with zero attached hydrogens (tertiary/aromatic N) is 6. The smallest absolute Gasteiger partial charge is 0.238 e. The number of rotatable bonds is 5. The Morgan fingerprint density at radius 2 is 1.00 bits per heavy atom. The van der Waals surface area contributed by atoms with Crippen molar-refractivity contribution in [3.05, 3.63) is 170 Å². The van der Waals surface area contributed by atoms with E-state index in [2.05, 4.69) is 94.1 Å². The minimum absolute atomic E-state index is 0.520. The lowest BCUT2D eigenvalue weighted by atomic mass is 10.1. The van der Waals surface area contributed by atoms with Crippen molar-refractivity contribution in [1.82, 2.24) is 29.1 Å². The molecule has 7 aromatic carbocycles. The molecule has 0 fully saturated rings. The number of furan rings is 1. The molecule has 11 rings (SSSR count). The molecule has 4 heterocycles. The van der Waals surface area contributed by atoms with E-state index in [4.69, 9.17) is 24.4 Å². The summed E-state index contributed by atoms with van der Waals surface area (Å²) in [7, 11) is 0. The van der Waals surface area contributed by atoms with Gasteiger partial charge >= 0.3 is 0 Å². The molecule has 0 aliphatic heterocycles. The van der Waals surface area contributed by atoms with E-state index in [-0.39, 0.29) is 0 Å². The molecular weight excluding hydrogens is 653 g/mol. The molecule has 0 unspecified atom stereocenters. The summed E-state index contributed by atoms with van der Waals surface area (Å²) in [5, 5.41) is 4.15. The van der Waals surface area contributed by atoms with Gasteiger partial charge in [-0.1, -0.05) is 133 Å². The van der Waals surface area contributed by atoms with Gasteiger partial charge in [0.25, 0.3) is 0 Å². The van der Waals surface area contributed by atoms with Crippen LogP contribution in [-0.4, -0.2) is 29.1 Å². The summed E-state index contributed by atoms with van der Waals surface area (Å²) in [5.74, 6) is 2.60. The van der Waals surface area contributed by atoms with Crippen molar-refractivity contribution in [1.29, 1.82) is 0 Å². The molecule has 0 saturated heterocycles. The maximum atomic E-state index is 6.91. The quantitative estimate of drug-likeness (QED) is 0.181. The molecular formula is C46H28N6O. The lowest BCUT2D eigenvalue weighted by Crippen LogP contribution is -2.06. The van der Waals surface area contributed by atoms with Gasteiger partial charge in [-0.05, 0) is 30.3 Å². The second-order valence-corrected chi connectivity index (χ2v) is 13.1. The Morgan fingerprint density at radius 1 is 0.415 bits per heavy atom. The maximum absolute atomic E-state index is 6.91. The fraction of sp³-hybridized carbons (Fsp3) is 0. The molecule has 7 heteroatoms. The van der Waals surface area contributed by atoms with E-state index in [9.17, 15) is 0 Å². The summed E-state index contributed by atoms with van der Waals surface area (Å²) in [5.41, 5.74) is 9.18. The van der Waals surface area contributed by atoms with E-state index in [0.29, 0.717) is 17.6 Å². The molecule has 0 saturated carbocycles. The van der Waals surface area contributed by atoms with Crippen LogP contribution in [-0.2, 0) is 0 Å². The monoisotopic (exact) mass is 680 g/mol. The molecule has 11 aromatic rings. The molecule has 0 atom stereocenters. The van der Waals surface area contributed by atoms with Crippen molar-refractivity contribution in [2.75, 3.05) is 0 Å². The van der Waals surface area contributed by atoms with Crippen LogP contribution in [0.15, 0.2) is 174 Å². The highest BCUT2D eigenvalue weighted by molar-refractivity contribution is 6.22. The van der Waals surface area contributed by atoms with Gasteiger partial charge in [-0.2, -0.15) is 9.97 Å². The van der Waals surface area contributed by atoms with Crippen molar-refractivity contribution in [2.45, 2.75) is 0 Å². The largest absolute Gasteiger partial charge is 0.454 e. The molecule has 53 heavy (non-hydrogen) atoms. The second kappa shape index (κ2) is 11.6. The standard InChI is InChI=1S/C46H28N6O/c1-5-15-29(16-6-1)43-48-44(30-17-7-2-8-18-30)50-46(49-43)52-38-24-14-13-23-33(38)34-25-26-35-36-27-39-37(28-40(36)53-42(35)41(34)52)47-45(31-19-9-3-10-20-31)51(39)32-21-11-4-12-22-32/h1-28H. The van der Waals surface area contributed by atoms with E-state index >= 15 is 0 Å². The molecule has 0 aliphatic rings. The average Bonchev–Trinajstić information content (AvgIpc) is 3.90. The van der Waals surface area contributed by atoms with Gasteiger partial charge in [-0.3, -0.25) is 9.13 Å². The fourth-order valence-corrected chi connectivity index (χ4v) is 7.58. The van der Waals surface area contributed by atoms with Crippen molar-refractivity contribution in [3.63, 3.8) is 0 Å². The molecule has 0 radical (unpaired) electrons. The Bertz CT molecular complexity index is 3090. The van der Waals surface area contributed by atoms with Gasteiger partial charge in [0.2, 0.25) is 5.95 Å². The zero-order chi connectivity index (χ0) is 34.9. The third-order valence-corrected chi connectivity index (χ3v) is 9.98. The molecule has 0 bridgehead atoms. The molecule has 248 valence electrons. The van der Waals surface area contributed by atoms with Gasteiger partial charge in [0.15, 0.2) is 17.2 Å². The minimum Gasteiger partial charge on any atom is -0.454 e. The predicted molar refractivity (Wildman–Crippen MR) is 212 cm³/mol. The lowest BCUT2D eigenvalue weighted by molar-refractivity contribution is 0.671. The van der Waals surface area contributed by atoms with Crippen LogP contribution in [0.25, 0.3) is 101 Å².